The van der Waals surface area contributed by atoms with E-state index >= 15 is 0 Å². The van der Waals surface area contributed by atoms with Gasteiger partial charge in [0.05, 0.1) is 23.5 Å². The summed E-state index contributed by atoms with van der Waals surface area (Å²) in [6.45, 7) is 0. The summed E-state index contributed by atoms with van der Waals surface area (Å²) in [4.78, 5) is 11.3. The van der Waals surface area contributed by atoms with Crippen molar-refractivity contribution in [3.63, 3.8) is 0 Å². The summed E-state index contributed by atoms with van der Waals surface area (Å²) >= 11 is 0.890. The molecule has 0 saturated carbocycles. The monoisotopic (exact) mass is 301 g/mol. The van der Waals surface area contributed by atoms with Crippen LogP contribution in [-0.4, -0.2) is 13.1 Å². The number of alkyl halides is 3. The molecule has 0 aliphatic heterocycles. The molecule has 2 aromatic rings. The lowest BCUT2D eigenvalue weighted by Gasteiger charge is -2.06. The highest BCUT2D eigenvalue weighted by Gasteiger charge is 2.30. The molecule has 0 spiro atoms. The molecular weight excluding hydrogens is 293 g/mol. The number of benzene rings is 1. The lowest BCUT2D eigenvalue weighted by atomic mass is 10.1. The topological polar surface area (TPSA) is 49.4 Å². The van der Waals surface area contributed by atoms with Gasteiger partial charge in [-0.15, -0.1) is 11.3 Å². The van der Waals surface area contributed by atoms with Crippen LogP contribution in [0, 0.1) is 0 Å². The number of carboxylic acids is 1. The number of hydrogen-bond donors (Lipinski definition) is 0. The summed E-state index contributed by atoms with van der Waals surface area (Å²) in [7, 11) is 1.31. The molecule has 20 heavy (non-hydrogen) atoms. The normalized spacial score (nSPS) is 11.4. The summed E-state index contributed by atoms with van der Waals surface area (Å²) in [5.41, 5.74) is -0.279. The molecule has 0 aliphatic rings. The molecule has 0 unspecified atom stereocenters. The SMILES string of the molecule is COc1cc(-c2ccc(C(F)(F)F)cc2)sc1C(=O)[O-]. The van der Waals surface area contributed by atoms with Gasteiger partial charge in [-0.2, -0.15) is 13.2 Å². The molecule has 0 radical (unpaired) electrons. The second-order valence-corrected chi connectivity index (χ2v) is 4.92. The van der Waals surface area contributed by atoms with Gasteiger partial charge in [-0.1, -0.05) is 12.1 Å². The standard InChI is InChI=1S/C13H9F3O3S/c1-19-9-6-10(20-11(9)12(17)18)7-2-4-8(5-3-7)13(14,15)16/h2-6H,1H3,(H,17,18)/p-1. The van der Waals surface area contributed by atoms with Crippen molar-refractivity contribution in [1.29, 1.82) is 0 Å². The maximum absolute atomic E-state index is 12.4. The first-order valence-electron chi connectivity index (χ1n) is 5.39. The summed E-state index contributed by atoms with van der Waals surface area (Å²) in [6, 6.07) is 5.92. The number of carboxylic acid groups (broad SMARTS) is 1. The van der Waals surface area contributed by atoms with E-state index in [9.17, 15) is 23.1 Å². The van der Waals surface area contributed by atoms with Crippen LogP contribution in [-0.2, 0) is 6.18 Å². The van der Waals surface area contributed by atoms with Crippen molar-refractivity contribution in [1.82, 2.24) is 0 Å². The van der Waals surface area contributed by atoms with Crippen LogP contribution in [0.3, 0.4) is 0 Å². The van der Waals surface area contributed by atoms with E-state index in [1.54, 1.807) is 0 Å². The zero-order chi connectivity index (χ0) is 14.9. The lowest BCUT2D eigenvalue weighted by Crippen LogP contribution is -2.21. The van der Waals surface area contributed by atoms with Gasteiger partial charge < -0.3 is 14.6 Å². The summed E-state index contributed by atoms with van der Waals surface area (Å²) in [6.07, 6.45) is -4.40. The molecule has 2 rings (SSSR count). The number of ether oxygens (including phenoxy) is 1. The third-order valence-electron chi connectivity index (χ3n) is 2.60. The van der Waals surface area contributed by atoms with Crippen molar-refractivity contribution < 1.29 is 27.8 Å². The van der Waals surface area contributed by atoms with Crippen molar-refractivity contribution >= 4 is 17.3 Å². The van der Waals surface area contributed by atoms with Crippen LogP contribution in [0.2, 0.25) is 0 Å². The molecule has 1 aromatic heterocycles. The first-order chi connectivity index (χ1) is 9.32. The van der Waals surface area contributed by atoms with Crippen LogP contribution in [0.1, 0.15) is 15.2 Å². The number of rotatable bonds is 3. The number of thiophene rings is 1. The summed E-state index contributed by atoms with van der Waals surface area (Å²) in [5, 5.41) is 10.9. The molecule has 0 aliphatic carbocycles. The van der Waals surface area contributed by atoms with Gasteiger partial charge in [0.1, 0.15) is 5.75 Å². The Hall–Kier alpha value is -2.02. The maximum Gasteiger partial charge on any atom is 0.416 e. The quantitative estimate of drug-likeness (QED) is 0.876. The van der Waals surface area contributed by atoms with E-state index in [1.165, 1.54) is 25.3 Å². The van der Waals surface area contributed by atoms with Crippen LogP contribution in [0.25, 0.3) is 10.4 Å². The fourth-order valence-electron chi connectivity index (χ4n) is 1.63. The number of methoxy groups -OCH3 is 1. The van der Waals surface area contributed by atoms with Gasteiger partial charge in [-0.25, -0.2) is 0 Å². The molecule has 7 heteroatoms. The van der Waals surface area contributed by atoms with E-state index < -0.39 is 17.7 Å². The third kappa shape index (κ3) is 2.77. The lowest BCUT2D eigenvalue weighted by molar-refractivity contribution is -0.254. The van der Waals surface area contributed by atoms with Crippen molar-refractivity contribution in [2.75, 3.05) is 7.11 Å². The number of carbonyl (C=O) groups is 1. The van der Waals surface area contributed by atoms with Crippen molar-refractivity contribution in [3.05, 3.63) is 40.8 Å². The second-order valence-electron chi connectivity index (χ2n) is 3.87. The van der Waals surface area contributed by atoms with Crippen molar-refractivity contribution in [3.8, 4) is 16.2 Å². The van der Waals surface area contributed by atoms with E-state index in [1.807, 2.05) is 0 Å². The van der Waals surface area contributed by atoms with E-state index in [4.69, 9.17) is 4.74 Å². The van der Waals surface area contributed by atoms with E-state index in [0.29, 0.717) is 10.4 Å². The average Bonchev–Trinajstić information content (AvgIpc) is 2.82. The van der Waals surface area contributed by atoms with Crippen LogP contribution in [0.15, 0.2) is 30.3 Å². The zero-order valence-corrected chi connectivity index (χ0v) is 11.0. The first-order valence-corrected chi connectivity index (χ1v) is 6.21. The zero-order valence-electron chi connectivity index (χ0n) is 10.2. The number of aromatic carboxylic acids is 1. The molecular formula is C13H8F3O3S-. The molecule has 0 atom stereocenters. The van der Waals surface area contributed by atoms with Crippen LogP contribution < -0.4 is 9.84 Å². The summed E-state index contributed by atoms with van der Waals surface area (Å²) in [5.74, 6) is -1.25. The van der Waals surface area contributed by atoms with Gasteiger partial charge in [-0.3, -0.25) is 0 Å². The molecule has 1 aromatic carbocycles. The average molecular weight is 301 g/mol. The molecule has 0 bridgehead atoms. The maximum atomic E-state index is 12.4. The molecule has 3 nitrogen and oxygen atoms in total. The number of halogens is 3. The molecule has 106 valence electrons. The minimum Gasteiger partial charge on any atom is -0.544 e. The minimum absolute atomic E-state index is 0.0950. The minimum atomic E-state index is -4.40. The fraction of sp³-hybridized carbons (Fsp3) is 0.154. The highest BCUT2D eigenvalue weighted by atomic mass is 32.1. The molecule has 0 fully saturated rings. The van der Waals surface area contributed by atoms with Crippen molar-refractivity contribution in [2.24, 2.45) is 0 Å². The van der Waals surface area contributed by atoms with Gasteiger partial charge in [0.15, 0.2) is 0 Å². The molecule has 0 saturated heterocycles. The van der Waals surface area contributed by atoms with Gasteiger partial charge in [0.2, 0.25) is 0 Å². The Kier molecular flexibility index (Phi) is 3.71. The fourth-order valence-corrected chi connectivity index (χ4v) is 2.60. The Balaban J connectivity index is 2.39. The van der Waals surface area contributed by atoms with E-state index in [0.717, 1.165) is 23.5 Å². The Labute approximate surface area is 116 Å². The van der Waals surface area contributed by atoms with Gasteiger partial charge in [0.25, 0.3) is 0 Å². The smallest absolute Gasteiger partial charge is 0.416 e. The molecule has 1 heterocycles. The molecule has 0 amide bonds. The Morgan fingerprint density at radius 3 is 2.25 bits per heavy atom. The number of hydrogen-bond acceptors (Lipinski definition) is 4. The third-order valence-corrected chi connectivity index (χ3v) is 3.75. The van der Waals surface area contributed by atoms with Gasteiger partial charge >= 0.3 is 6.18 Å². The molecule has 0 N–H and O–H groups in total. The summed E-state index contributed by atoms with van der Waals surface area (Å²) < 4.78 is 42.2. The van der Waals surface area contributed by atoms with Crippen LogP contribution >= 0.6 is 11.3 Å². The highest BCUT2D eigenvalue weighted by molar-refractivity contribution is 7.17. The Bertz CT molecular complexity index is 629. The van der Waals surface area contributed by atoms with Gasteiger partial charge in [-0.05, 0) is 23.8 Å². The second kappa shape index (κ2) is 5.16. The largest absolute Gasteiger partial charge is 0.544 e. The van der Waals surface area contributed by atoms with Gasteiger partial charge in [0, 0.05) is 4.88 Å². The predicted octanol–water partition coefficient (Wildman–Crippen LogP) is 2.81. The Morgan fingerprint density at radius 1 is 1.25 bits per heavy atom. The van der Waals surface area contributed by atoms with E-state index in [2.05, 4.69) is 0 Å². The van der Waals surface area contributed by atoms with Crippen LogP contribution in [0.5, 0.6) is 5.75 Å². The highest BCUT2D eigenvalue weighted by Crippen LogP contribution is 2.37. The predicted molar refractivity (Wildman–Crippen MR) is 65.6 cm³/mol. The van der Waals surface area contributed by atoms with Crippen molar-refractivity contribution in [2.45, 2.75) is 6.18 Å². The van der Waals surface area contributed by atoms with Crippen LogP contribution in [0.4, 0.5) is 13.2 Å². The first kappa shape index (κ1) is 14.4. The Morgan fingerprint density at radius 2 is 1.85 bits per heavy atom. The van der Waals surface area contributed by atoms with E-state index in [-0.39, 0.29) is 10.6 Å². The number of carbonyl (C=O) groups excluding carboxylic acids is 1.